The van der Waals surface area contributed by atoms with Crippen LogP contribution >= 0.6 is 0 Å². The number of fused-ring (bicyclic) bond motifs is 1. The third kappa shape index (κ3) is 3.90. The number of carbonyl (C=O) groups excluding carboxylic acids is 1. The van der Waals surface area contributed by atoms with Gasteiger partial charge in [-0.2, -0.15) is 0 Å². The molecule has 30 heavy (non-hydrogen) atoms. The van der Waals surface area contributed by atoms with Crippen molar-refractivity contribution in [3.8, 4) is 5.75 Å². The molecule has 1 aliphatic rings. The summed E-state index contributed by atoms with van der Waals surface area (Å²) in [4.78, 5) is 13.6. The second-order valence-corrected chi connectivity index (χ2v) is 7.98. The fourth-order valence-corrected chi connectivity index (χ4v) is 4.11. The lowest BCUT2D eigenvalue weighted by atomic mass is 9.73. The van der Waals surface area contributed by atoms with E-state index in [9.17, 15) is 9.18 Å². The summed E-state index contributed by atoms with van der Waals surface area (Å²) in [6.07, 6.45) is 1.16. The van der Waals surface area contributed by atoms with E-state index in [1.165, 1.54) is 12.1 Å². The summed E-state index contributed by atoms with van der Waals surface area (Å²) < 4.78 is 25.0. The molecule has 4 nitrogen and oxygen atoms in total. The van der Waals surface area contributed by atoms with Gasteiger partial charge in [-0.15, -0.1) is 0 Å². The minimum Gasteiger partial charge on any atom is -0.490 e. The molecule has 0 aliphatic carbocycles. The number of nitrogens with one attached hydrogen (secondary N) is 1. The first-order valence-corrected chi connectivity index (χ1v) is 10.3. The molecule has 156 valence electrons. The zero-order chi connectivity index (χ0) is 21.1. The van der Waals surface area contributed by atoms with Gasteiger partial charge in [0.15, 0.2) is 0 Å². The molecule has 3 aromatic rings. The summed E-state index contributed by atoms with van der Waals surface area (Å²) >= 11 is 0. The number of anilines is 1. The maximum absolute atomic E-state index is 13.6. The lowest BCUT2D eigenvalue weighted by Crippen LogP contribution is -2.44. The van der Waals surface area contributed by atoms with Crippen LogP contribution in [0.5, 0.6) is 5.75 Å². The standard InChI is InChI=1S/C25H26FNO3/c1-17(2)30-23-12-11-22(20-5-3-4-6-21(20)23)27-24(28)25(13-15-29-16-14-25)18-7-9-19(26)10-8-18/h3-12,17H,13-16H2,1-2H3,(H,27,28). The van der Waals surface area contributed by atoms with E-state index in [-0.39, 0.29) is 17.8 Å². The van der Waals surface area contributed by atoms with E-state index in [4.69, 9.17) is 9.47 Å². The number of ether oxygens (including phenoxy) is 2. The average molecular weight is 407 g/mol. The molecule has 1 fully saturated rings. The zero-order valence-electron chi connectivity index (χ0n) is 17.3. The van der Waals surface area contributed by atoms with Crippen LogP contribution < -0.4 is 10.1 Å². The van der Waals surface area contributed by atoms with Crippen LogP contribution in [0.25, 0.3) is 10.8 Å². The first kappa shape index (κ1) is 20.4. The molecule has 0 atom stereocenters. The van der Waals surface area contributed by atoms with Gasteiger partial charge in [-0.1, -0.05) is 36.4 Å². The number of rotatable bonds is 5. The highest BCUT2D eigenvalue weighted by molar-refractivity contribution is 6.07. The van der Waals surface area contributed by atoms with Crippen LogP contribution in [0.1, 0.15) is 32.3 Å². The van der Waals surface area contributed by atoms with Crippen molar-refractivity contribution in [3.05, 3.63) is 72.0 Å². The fraction of sp³-hybridized carbons (Fsp3) is 0.320. The van der Waals surface area contributed by atoms with Gasteiger partial charge in [-0.25, -0.2) is 4.39 Å². The molecule has 1 saturated heterocycles. The van der Waals surface area contributed by atoms with Gasteiger partial charge in [0.1, 0.15) is 11.6 Å². The Kier molecular flexibility index (Phi) is 5.73. The average Bonchev–Trinajstić information content (AvgIpc) is 2.76. The SMILES string of the molecule is CC(C)Oc1ccc(NC(=O)C2(c3ccc(F)cc3)CCOCC2)c2ccccc12. The van der Waals surface area contributed by atoms with Gasteiger partial charge in [0.25, 0.3) is 0 Å². The lowest BCUT2D eigenvalue weighted by molar-refractivity contribution is -0.125. The van der Waals surface area contributed by atoms with Gasteiger partial charge in [0.05, 0.1) is 11.5 Å². The van der Waals surface area contributed by atoms with Crippen LogP contribution in [-0.2, 0) is 14.9 Å². The first-order chi connectivity index (χ1) is 14.5. The summed E-state index contributed by atoms with van der Waals surface area (Å²) in [6.45, 7) is 4.96. The Hall–Kier alpha value is -2.92. The minimum absolute atomic E-state index is 0.0535. The Bertz CT molecular complexity index is 1040. The Balaban J connectivity index is 1.71. The maximum Gasteiger partial charge on any atom is 0.235 e. The molecule has 0 saturated carbocycles. The molecule has 0 bridgehead atoms. The molecule has 0 aromatic heterocycles. The number of benzene rings is 3. The van der Waals surface area contributed by atoms with Gasteiger partial charge < -0.3 is 14.8 Å². The van der Waals surface area contributed by atoms with Crippen molar-refractivity contribution >= 4 is 22.4 Å². The van der Waals surface area contributed by atoms with Gasteiger partial charge in [0, 0.05) is 29.7 Å². The molecule has 0 unspecified atom stereocenters. The number of halogens is 1. The minimum atomic E-state index is -0.750. The van der Waals surface area contributed by atoms with Crippen molar-refractivity contribution in [2.45, 2.75) is 38.2 Å². The monoisotopic (exact) mass is 407 g/mol. The van der Waals surface area contributed by atoms with E-state index < -0.39 is 5.41 Å². The molecule has 0 radical (unpaired) electrons. The molecule has 1 N–H and O–H groups in total. The van der Waals surface area contributed by atoms with Gasteiger partial charge in [0.2, 0.25) is 5.91 Å². The zero-order valence-corrected chi connectivity index (χ0v) is 17.3. The van der Waals surface area contributed by atoms with E-state index >= 15 is 0 Å². The second kappa shape index (κ2) is 8.44. The highest BCUT2D eigenvalue weighted by Crippen LogP contribution is 2.38. The Labute approximate surface area is 176 Å². The van der Waals surface area contributed by atoms with Crippen molar-refractivity contribution in [2.75, 3.05) is 18.5 Å². The van der Waals surface area contributed by atoms with Crippen LogP contribution in [0.3, 0.4) is 0 Å². The van der Waals surface area contributed by atoms with Crippen molar-refractivity contribution in [2.24, 2.45) is 0 Å². The van der Waals surface area contributed by atoms with Crippen LogP contribution in [0, 0.1) is 5.82 Å². The van der Waals surface area contributed by atoms with Crippen molar-refractivity contribution in [1.29, 1.82) is 0 Å². The molecule has 1 heterocycles. The summed E-state index contributed by atoms with van der Waals surface area (Å²) in [6, 6.07) is 17.9. The van der Waals surface area contributed by atoms with Gasteiger partial charge in [-0.3, -0.25) is 4.79 Å². The predicted octanol–water partition coefficient (Wildman–Crippen LogP) is 5.45. The van der Waals surface area contributed by atoms with E-state index in [1.807, 2.05) is 50.2 Å². The van der Waals surface area contributed by atoms with Crippen molar-refractivity contribution < 1.29 is 18.7 Å². The van der Waals surface area contributed by atoms with Crippen molar-refractivity contribution in [3.63, 3.8) is 0 Å². The van der Waals surface area contributed by atoms with Crippen LogP contribution in [0.2, 0.25) is 0 Å². The highest BCUT2D eigenvalue weighted by atomic mass is 19.1. The largest absolute Gasteiger partial charge is 0.490 e. The van der Waals surface area contributed by atoms with Gasteiger partial charge in [-0.05, 0) is 56.5 Å². The molecule has 5 heteroatoms. The summed E-state index contributed by atoms with van der Waals surface area (Å²) in [5.41, 5.74) is 0.800. The predicted molar refractivity (Wildman–Crippen MR) is 116 cm³/mol. The molecular formula is C25H26FNO3. The van der Waals surface area contributed by atoms with E-state index in [0.29, 0.717) is 26.1 Å². The maximum atomic E-state index is 13.6. The summed E-state index contributed by atoms with van der Waals surface area (Å²) in [7, 11) is 0. The Morgan fingerprint density at radius 3 is 2.33 bits per heavy atom. The smallest absolute Gasteiger partial charge is 0.235 e. The van der Waals surface area contributed by atoms with Gasteiger partial charge >= 0.3 is 0 Å². The van der Waals surface area contributed by atoms with Crippen LogP contribution in [-0.4, -0.2) is 25.2 Å². The number of amides is 1. The summed E-state index contributed by atoms with van der Waals surface area (Å²) in [5, 5.41) is 5.02. The number of hydrogen-bond acceptors (Lipinski definition) is 3. The topological polar surface area (TPSA) is 47.6 Å². The summed E-state index contributed by atoms with van der Waals surface area (Å²) in [5.74, 6) is 0.381. The lowest BCUT2D eigenvalue weighted by Gasteiger charge is -2.36. The first-order valence-electron chi connectivity index (χ1n) is 10.3. The molecule has 4 rings (SSSR count). The molecular weight excluding hydrogens is 381 g/mol. The van der Waals surface area contributed by atoms with Crippen LogP contribution in [0.4, 0.5) is 10.1 Å². The molecule has 3 aromatic carbocycles. The third-order valence-corrected chi connectivity index (χ3v) is 5.67. The fourth-order valence-electron chi connectivity index (χ4n) is 4.11. The quantitative estimate of drug-likeness (QED) is 0.612. The number of hydrogen-bond donors (Lipinski definition) is 1. The van der Waals surface area contributed by atoms with Crippen LogP contribution in [0.15, 0.2) is 60.7 Å². The molecule has 1 aliphatic heterocycles. The second-order valence-electron chi connectivity index (χ2n) is 7.98. The normalized spacial score (nSPS) is 15.9. The van der Waals surface area contributed by atoms with E-state index in [2.05, 4.69) is 5.32 Å². The third-order valence-electron chi connectivity index (χ3n) is 5.67. The number of carbonyl (C=O) groups is 1. The van der Waals surface area contributed by atoms with E-state index in [1.54, 1.807) is 12.1 Å². The molecule has 0 spiro atoms. The Morgan fingerprint density at radius 1 is 1.00 bits per heavy atom. The highest BCUT2D eigenvalue weighted by Gasteiger charge is 2.42. The molecule has 1 amide bonds. The van der Waals surface area contributed by atoms with E-state index in [0.717, 1.165) is 27.8 Å². The van der Waals surface area contributed by atoms with Crippen molar-refractivity contribution in [1.82, 2.24) is 0 Å². The Morgan fingerprint density at radius 2 is 1.67 bits per heavy atom.